The van der Waals surface area contributed by atoms with Crippen LogP contribution >= 0.6 is 0 Å². The lowest BCUT2D eigenvalue weighted by Crippen LogP contribution is -2.40. The Morgan fingerprint density at radius 3 is 2.48 bits per heavy atom. The second-order valence-corrected chi connectivity index (χ2v) is 5.85. The number of amides is 3. The molecule has 1 heterocycles. The van der Waals surface area contributed by atoms with Gasteiger partial charge in [0.05, 0.1) is 0 Å². The quantitative estimate of drug-likeness (QED) is 0.888. The molecule has 6 heteroatoms. The van der Waals surface area contributed by atoms with E-state index in [-0.39, 0.29) is 17.7 Å². The van der Waals surface area contributed by atoms with Gasteiger partial charge in [-0.2, -0.15) is 0 Å². The van der Waals surface area contributed by atoms with E-state index < -0.39 is 6.04 Å². The largest absolute Gasteiger partial charge is 0.345 e. The highest BCUT2D eigenvalue weighted by molar-refractivity contribution is 5.99. The zero-order chi connectivity index (χ0) is 16.8. The fourth-order valence-electron chi connectivity index (χ4n) is 2.63. The van der Waals surface area contributed by atoms with Crippen molar-refractivity contribution in [3.63, 3.8) is 0 Å². The molecular weight excluding hydrogens is 294 g/mol. The molecule has 1 unspecified atom stereocenters. The summed E-state index contributed by atoms with van der Waals surface area (Å²) in [5.41, 5.74) is 1.12. The molecule has 3 amide bonds. The number of carbonyl (C=O) groups excluding carboxylic acids is 3. The monoisotopic (exact) mass is 317 g/mol. The zero-order valence-electron chi connectivity index (χ0n) is 13.6. The van der Waals surface area contributed by atoms with Gasteiger partial charge in [-0.3, -0.25) is 14.4 Å². The van der Waals surface area contributed by atoms with E-state index in [9.17, 15) is 14.4 Å². The molecule has 2 N–H and O–H groups in total. The Kier molecular flexibility index (Phi) is 5.73. The van der Waals surface area contributed by atoms with Gasteiger partial charge in [-0.25, -0.2) is 0 Å². The van der Waals surface area contributed by atoms with Gasteiger partial charge in [-0.1, -0.05) is 6.07 Å². The van der Waals surface area contributed by atoms with E-state index in [1.165, 1.54) is 13.3 Å². The van der Waals surface area contributed by atoms with Gasteiger partial charge in [0.25, 0.3) is 5.91 Å². The number of hydrogen-bond donors (Lipinski definition) is 2. The molecule has 1 fully saturated rings. The van der Waals surface area contributed by atoms with Crippen molar-refractivity contribution < 1.29 is 14.4 Å². The normalized spacial score (nSPS) is 15.7. The van der Waals surface area contributed by atoms with E-state index in [1.807, 2.05) is 4.90 Å². The SMILES string of the molecule is CC(=O)NC(C)C(=O)Nc1cccc(C(=O)N2CCCCC2)c1. The minimum atomic E-state index is -0.631. The summed E-state index contributed by atoms with van der Waals surface area (Å²) in [5, 5.41) is 5.25. The van der Waals surface area contributed by atoms with E-state index in [2.05, 4.69) is 10.6 Å². The maximum atomic E-state index is 12.5. The van der Waals surface area contributed by atoms with Crippen LogP contribution in [0.3, 0.4) is 0 Å². The van der Waals surface area contributed by atoms with Gasteiger partial charge < -0.3 is 15.5 Å². The van der Waals surface area contributed by atoms with Gasteiger partial charge in [0.15, 0.2) is 0 Å². The fourth-order valence-corrected chi connectivity index (χ4v) is 2.63. The molecule has 124 valence electrons. The molecule has 1 aliphatic heterocycles. The summed E-state index contributed by atoms with van der Waals surface area (Å²) >= 11 is 0. The molecule has 1 saturated heterocycles. The smallest absolute Gasteiger partial charge is 0.253 e. The summed E-state index contributed by atoms with van der Waals surface area (Å²) < 4.78 is 0. The third-order valence-corrected chi connectivity index (χ3v) is 3.83. The molecule has 0 bridgehead atoms. The number of nitrogens with one attached hydrogen (secondary N) is 2. The van der Waals surface area contributed by atoms with Crippen molar-refractivity contribution in [3.8, 4) is 0 Å². The number of likely N-dealkylation sites (tertiary alicyclic amines) is 1. The van der Waals surface area contributed by atoms with Crippen LogP contribution in [-0.4, -0.2) is 41.8 Å². The van der Waals surface area contributed by atoms with Crippen LogP contribution in [0.15, 0.2) is 24.3 Å². The van der Waals surface area contributed by atoms with Gasteiger partial charge in [0.2, 0.25) is 11.8 Å². The third-order valence-electron chi connectivity index (χ3n) is 3.83. The van der Waals surface area contributed by atoms with E-state index in [4.69, 9.17) is 0 Å². The first-order chi connectivity index (χ1) is 11.0. The Balaban J connectivity index is 2.03. The van der Waals surface area contributed by atoms with E-state index in [1.54, 1.807) is 31.2 Å². The Bertz CT molecular complexity index is 595. The van der Waals surface area contributed by atoms with Gasteiger partial charge in [-0.15, -0.1) is 0 Å². The first-order valence-corrected chi connectivity index (χ1v) is 7.94. The van der Waals surface area contributed by atoms with Crippen molar-refractivity contribution in [2.75, 3.05) is 18.4 Å². The van der Waals surface area contributed by atoms with Crippen LogP contribution in [0.4, 0.5) is 5.69 Å². The van der Waals surface area contributed by atoms with Gasteiger partial charge in [-0.05, 0) is 44.4 Å². The molecular formula is C17H23N3O3. The van der Waals surface area contributed by atoms with Gasteiger partial charge in [0, 0.05) is 31.3 Å². The highest BCUT2D eigenvalue weighted by atomic mass is 16.2. The van der Waals surface area contributed by atoms with Crippen LogP contribution in [0.1, 0.15) is 43.5 Å². The number of piperidine rings is 1. The number of nitrogens with zero attached hydrogens (tertiary/aromatic N) is 1. The minimum Gasteiger partial charge on any atom is -0.345 e. The summed E-state index contributed by atoms with van der Waals surface area (Å²) in [6.45, 7) is 4.55. The summed E-state index contributed by atoms with van der Waals surface area (Å²) in [5.74, 6) is -0.583. The average molecular weight is 317 g/mol. The predicted molar refractivity (Wildman–Crippen MR) is 88.1 cm³/mol. The van der Waals surface area contributed by atoms with Gasteiger partial charge in [0.1, 0.15) is 6.04 Å². The van der Waals surface area contributed by atoms with E-state index in [0.717, 1.165) is 25.9 Å². The maximum absolute atomic E-state index is 12.5. The number of anilines is 1. The predicted octanol–water partition coefficient (Wildman–Crippen LogP) is 1.78. The lowest BCUT2D eigenvalue weighted by atomic mass is 10.1. The first-order valence-electron chi connectivity index (χ1n) is 7.94. The molecule has 2 rings (SSSR count). The van der Waals surface area contributed by atoms with Crippen molar-refractivity contribution >= 4 is 23.4 Å². The highest BCUT2D eigenvalue weighted by Crippen LogP contribution is 2.16. The molecule has 1 aromatic carbocycles. The molecule has 0 spiro atoms. The van der Waals surface area contributed by atoms with Gasteiger partial charge >= 0.3 is 0 Å². The Labute approximate surface area is 136 Å². The minimum absolute atomic E-state index is 0.00397. The number of carbonyl (C=O) groups is 3. The van der Waals surface area contributed by atoms with Crippen LogP contribution in [0.5, 0.6) is 0 Å². The number of rotatable bonds is 4. The molecule has 0 saturated carbocycles. The van der Waals surface area contributed by atoms with Crippen LogP contribution in [0.2, 0.25) is 0 Å². The lowest BCUT2D eigenvalue weighted by molar-refractivity contribution is -0.124. The maximum Gasteiger partial charge on any atom is 0.253 e. The lowest BCUT2D eigenvalue weighted by Gasteiger charge is -2.26. The molecule has 6 nitrogen and oxygen atoms in total. The Morgan fingerprint density at radius 2 is 1.83 bits per heavy atom. The molecule has 1 atom stereocenters. The van der Waals surface area contributed by atoms with Crippen molar-refractivity contribution in [1.29, 1.82) is 0 Å². The molecule has 0 aromatic heterocycles. The van der Waals surface area contributed by atoms with Crippen molar-refractivity contribution in [3.05, 3.63) is 29.8 Å². The van der Waals surface area contributed by atoms with Crippen molar-refractivity contribution in [2.45, 2.75) is 39.2 Å². The zero-order valence-corrected chi connectivity index (χ0v) is 13.6. The first kappa shape index (κ1) is 17.0. The summed E-state index contributed by atoms with van der Waals surface area (Å²) in [7, 11) is 0. The highest BCUT2D eigenvalue weighted by Gasteiger charge is 2.19. The molecule has 0 radical (unpaired) electrons. The molecule has 0 aliphatic carbocycles. The number of benzene rings is 1. The summed E-state index contributed by atoms with van der Waals surface area (Å²) in [6.07, 6.45) is 3.24. The van der Waals surface area contributed by atoms with E-state index >= 15 is 0 Å². The van der Waals surface area contributed by atoms with E-state index in [0.29, 0.717) is 11.3 Å². The standard InChI is InChI=1S/C17H23N3O3/c1-12(18-13(2)21)16(22)19-15-8-6-7-14(11-15)17(23)20-9-4-3-5-10-20/h6-8,11-12H,3-5,9-10H2,1-2H3,(H,18,21)(H,19,22). The topological polar surface area (TPSA) is 78.5 Å². The summed E-state index contributed by atoms with van der Waals surface area (Å²) in [6, 6.07) is 6.27. The molecule has 23 heavy (non-hydrogen) atoms. The summed E-state index contributed by atoms with van der Waals surface area (Å²) in [4.78, 5) is 37.3. The fraction of sp³-hybridized carbons (Fsp3) is 0.471. The van der Waals surface area contributed by atoms with Crippen LogP contribution in [0, 0.1) is 0 Å². The molecule has 1 aliphatic rings. The number of hydrogen-bond acceptors (Lipinski definition) is 3. The molecule has 1 aromatic rings. The van der Waals surface area contributed by atoms with Crippen LogP contribution < -0.4 is 10.6 Å². The Hall–Kier alpha value is -2.37. The second-order valence-electron chi connectivity index (χ2n) is 5.85. The van der Waals surface area contributed by atoms with Crippen molar-refractivity contribution in [2.24, 2.45) is 0 Å². The third kappa shape index (κ3) is 4.81. The Morgan fingerprint density at radius 1 is 1.13 bits per heavy atom. The van der Waals surface area contributed by atoms with Crippen LogP contribution in [0.25, 0.3) is 0 Å². The average Bonchev–Trinajstić information content (AvgIpc) is 2.54. The second kappa shape index (κ2) is 7.76. The van der Waals surface area contributed by atoms with Crippen LogP contribution in [-0.2, 0) is 9.59 Å². The van der Waals surface area contributed by atoms with Crippen molar-refractivity contribution in [1.82, 2.24) is 10.2 Å².